The largest absolute Gasteiger partial charge is 0.299 e. The van der Waals surface area contributed by atoms with Gasteiger partial charge in [0.1, 0.15) is 5.78 Å². The highest BCUT2D eigenvalue weighted by Gasteiger charge is 2.60. The van der Waals surface area contributed by atoms with Crippen LogP contribution in [0.2, 0.25) is 0 Å². The first-order valence-electron chi connectivity index (χ1n) is 9.18. The molecule has 2 nitrogen and oxygen atoms in total. The van der Waals surface area contributed by atoms with Crippen molar-refractivity contribution < 1.29 is 9.59 Å². The summed E-state index contributed by atoms with van der Waals surface area (Å²) in [5.41, 5.74) is 1.64. The van der Waals surface area contributed by atoms with Crippen molar-refractivity contribution in [2.45, 2.75) is 45.4 Å². The Kier molecular flexibility index (Phi) is 3.85. The van der Waals surface area contributed by atoms with Gasteiger partial charge in [-0.25, -0.2) is 0 Å². The number of Topliss-reactive ketones (excluding diaryl/α,β-unsaturated/α-hetero) is 1. The monoisotopic (exact) mass is 354 g/mol. The molecule has 4 rings (SSSR count). The molecule has 0 N–H and O–H groups in total. The Morgan fingerprint density at radius 2 is 2.12 bits per heavy atom. The van der Waals surface area contributed by atoms with Gasteiger partial charge in [0.15, 0.2) is 5.78 Å². The Balaban J connectivity index is 1.81. The van der Waals surface area contributed by atoms with Crippen molar-refractivity contribution in [3.8, 4) is 11.3 Å². The van der Waals surface area contributed by atoms with Crippen molar-refractivity contribution in [3.05, 3.63) is 36.0 Å². The van der Waals surface area contributed by atoms with E-state index >= 15 is 0 Å². The second-order valence-corrected chi connectivity index (χ2v) is 8.57. The summed E-state index contributed by atoms with van der Waals surface area (Å²) in [6, 6.07) is 0. The molecule has 25 heavy (non-hydrogen) atoms. The molecule has 0 amide bonds. The molecular weight excluding hydrogens is 332 g/mol. The molecule has 0 unspecified atom stereocenters. The van der Waals surface area contributed by atoms with Crippen LogP contribution in [-0.4, -0.2) is 11.6 Å². The first-order chi connectivity index (χ1) is 11.9. The molecule has 0 spiro atoms. The molecule has 4 aliphatic rings. The van der Waals surface area contributed by atoms with Gasteiger partial charge in [-0.3, -0.25) is 9.59 Å². The summed E-state index contributed by atoms with van der Waals surface area (Å²) in [5, 5.41) is 2.52. The Hall–Kier alpha value is -1.59. The van der Waals surface area contributed by atoms with E-state index in [2.05, 4.69) is 30.9 Å². The van der Waals surface area contributed by atoms with Crippen LogP contribution in [0.15, 0.2) is 36.0 Å². The van der Waals surface area contributed by atoms with Gasteiger partial charge in [-0.1, -0.05) is 31.1 Å². The molecule has 0 aromatic rings. The average molecular weight is 355 g/mol. The van der Waals surface area contributed by atoms with Gasteiger partial charge in [0.25, 0.3) is 0 Å². The van der Waals surface area contributed by atoms with Crippen molar-refractivity contribution in [2.75, 3.05) is 0 Å². The highest BCUT2D eigenvalue weighted by Crippen LogP contribution is 2.65. The van der Waals surface area contributed by atoms with Crippen LogP contribution in [0.3, 0.4) is 0 Å². The molecule has 0 saturated heterocycles. The fourth-order valence-corrected chi connectivity index (χ4v) is 6.31. The fourth-order valence-electron chi connectivity index (χ4n) is 6.24. The van der Waals surface area contributed by atoms with Gasteiger partial charge < -0.3 is 0 Å². The lowest BCUT2D eigenvalue weighted by Gasteiger charge is -2.56. The van der Waals surface area contributed by atoms with Crippen molar-refractivity contribution in [2.24, 2.45) is 28.6 Å². The number of hydrogen-bond donors (Lipinski definition) is 0. The van der Waals surface area contributed by atoms with Crippen LogP contribution < -0.4 is 0 Å². The third-order valence-corrected chi connectivity index (χ3v) is 7.59. The van der Waals surface area contributed by atoms with E-state index in [4.69, 9.17) is 11.6 Å². The van der Waals surface area contributed by atoms with Gasteiger partial charge in [0.05, 0.1) is 0 Å². The van der Waals surface area contributed by atoms with Crippen LogP contribution in [0.1, 0.15) is 45.4 Å². The summed E-state index contributed by atoms with van der Waals surface area (Å²) in [7, 11) is 0. The van der Waals surface area contributed by atoms with Gasteiger partial charge in [-0.2, -0.15) is 0 Å². The summed E-state index contributed by atoms with van der Waals surface area (Å²) in [6.45, 7) is 6.48. The molecule has 3 saturated carbocycles. The Morgan fingerprint density at radius 3 is 2.88 bits per heavy atom. The Labute approximate surface area is 154 Å². The number of fused-ring (bicyclic) bond motifs is 5. The lowest BCUT2D eigenvalue weighted by atomic mass is 9.46. The van der Waals surface area contributed by atoms with Gasteiger partial charge in [-0.05, 0) is 72.8 Å². The zero-order valence-electron chi connectivity index (χ0n) is 14.6. The third kappa shape index (κ3) is 2.25. The average Bonchev–Trinajstić information content (AvgIpc) is 2.90. The van der Waals surface area contributed by atoms with Crippen molar-refractivity contribution in [1.82, 2.24) is 0 Å². The van der Waals surface area contributed by atoms with Crippen molar-refractivity contribution in [3.63, 3.8) is 0 Å². The number of hydrogen-bond acceptors (Lipinski definition) is 2. The molecule has 130 valence electrons. The van der Waals surface area contributed by atoms with Crippen LogP contribution in [0.4, 0.5) is 0 Å². The minimum absolute atomic E-state index is 0.0285. The van der Waals surface area contributed by atoms with E-state index in [0.717, 1.165) is 36.8 Å². The SMILES string of the molecule is C=C1C[C@H]2[C@@H]3CCC(=O)[C@@]3(C)CC[C@@H]2[C@@]2(CC#CCl)C=CC(=O)C=C12. The van der Waals surface area contributed by atoms with Crippen molar-refractivity contribution in [1.29, 1.82) is 0 Å². The van der Waals surface area contributed by atoms with E-state index in [1.54, 1.807) is 12.2 Å². The minimum Gasteiger partial charge on any atom is -0.299 e. The molecule has 3 fully saturated rings. The number of rotatable bonds is 1. The van der Waals surface area contributed by atoms with E-state index in [1.165, 1.54) is 0 Å². The number of ketones is 2. The van der Waals surface area contributed by atoms with E-state index in [9.17, 15) is 9.59 Å². The minimum atomic E-state index is -0.275. The summed E-state index contributed by atoms with van der Waals surface area (Å²) in [4.78, 5) is 24.5. The van der Waals surface area contributed by atoms with Crippen LogP contribution in [0.5, 0.6) is 0 Å². The molecule has 3 heteroatoms. The fraction of sp³-hybridized carbons (Fsp3) is 0.545. The Bertz CT molecular complexity index is 793. The maximum absolute atomic E-state index is 12.5. The quantitative estimate of drug-likeness (QED) is 0.645. The second kappa shape index (κ2) is 5.71. The van der Waals surface area contributed by atoms with E-state index in [1.807, 2.05) is 0 Å². The topological polar surface area (TPSA) is 34.1 Å². The predicted octanol–water partition coefficient (Wildman–Crippen LogP) is 4.60. The molecule has 5 atom stereocenters. The standard InChI is InChI=1S/C22H23ClO2/c1-14-12-16-17-4-5-20(25)21(17,2)9-7-18(16)22(8-3-11-23)10-6-15(24)13-19(14)22/h6,10,13,16-18H,1,4-5,7-9,12H2,2H3/t16-,17-,18-,21-,22+/m0/s1. The van der Waals surface area contributed by atoms with Gasteiger partial charge >= 0.3 is 0 Å². The Morgan fingerprint density at radius 1 is 1.32 bits per heavy atom. The maximum atomic E-state index is 12.5. The molecule has 0 heterocycles. The number of halogens is 1. The van der Waals surface area contributed by atoms with Crippen LogP contribution in [0.25, 0.3) is 0 Å². The second-order valence-electron chi connectivity index (χ2n) is 8.38. The van der Waals surface area contributed by atoms with Crippen LogP contribution in [-0.2, 0) is 9.59 Å². The normalized spacial score (nSPS) is 42.1. The van der Waals surface area contributed by atoms with Crippen molar-refractivity contribution >= 4 is 23.2 Å². The number of carbonyl (C=O) groups is 2. The lowest BCUT2D eigenvalue weighted by Crippen LogP contribution is -2.51. The summed E-state index contributed by atoms with van der Waals surface area (Å²) in [6.07, 6.45) is 10.6. The molecule has 0 aromatic carbocycles. The lowest BCUT2D eigenvalue weighted by molar-refractivity contribution is -0.131. The molecule has 0 radical (unpaired) electrons. The van der Waals surface area contributed by atoms with Crippen LogP contribution >= 0.6 is 11.6 Å². The van der Waals surface area contributed by atoms with E-state index in [0.29, 0.717) is 36.4 Å². The van der Waals surface area contributed by atoms with Gasteiger partial charge in [0, 0.05) is 29.1 Å². The predicted molar refractivity (Wildman–Crippen MR) is 98.7 cm³/mol. The molecule has 4 aliphatic carbocycles. The van der Waals surface area contributed by atoms with Gasteiger partial charge in [0.2, 0.25) is 0 Å². The summed E-state index contributed by atoms with van der Waals surface area (Å²) < 4.78 is 0. The first-order valence-corrected chi connectivity index (χ1v) is 9.55. The zero-order valence-corrected chi connectivity index (χ0v) is 15.4. The van der Waals surface area contributed by atoms with Crippen LogP contribution in [0, 0.1) is 39.9 Å². The maximum Gasteiger partial charge on any atom is 0.178 e. The highest BCUT2D eigenvalue weighted by molar-refractivity contribution is 6.30. The smallest absolute Gasteiger partial charge is 0.178 e. The van der Waals surface area contributed by atoms with E-state index < -0.39 is 0 Å². The molecule has 0 bridgehead atoms. The molecule has 0 aromatic heterocycles. The zero-order chi connectivity index (χ0) is 17.8. The third-order valence-electron chi connectivity index (χ3n) is 7.45. The number of carbonyl (C=O) groups excluding carboxylic acids is 2. The molecule has 0 aliphatic heterocycles. The summed E-state index contributed by atoms with van der Waals surface area (Å²) in [5.74, 6) is 4.78. The van der Waals surface area contributed by atoms with Gasteiger partial charge in [-0.15, -0.1) is 0 Å². The summed E-state index contributed by atoms with van der Waals surface area (Å²) >= 11 is 5.68. The first kappa shape index (κ1) is 16.9. The highest BCUT2D eigenvalue weighted by atomic mass is 35.5. The number of allylic oxidation sites excluding steroid dienone is 5. The van der Waals surface area contributed by atoms with E-state index in [-0.39, 0.29) is 16.6 Å². The molecular formula is C22H23ClO2.